The van der Waals surface area contributed by atoms with E-state index in [2.05, 4.69) is 11.9 Å². The normalized spacial score (nSPS) is 20.1. The van der Waals surface area contributed by atoms with E-state index in [1.807, 2.05) is 24.3 Å². The molecule has 74 valence electrons. The number of aromatic hydroxyl groups is 1. The fourth-order valence-electron chi connectivity index (χ4n) is 1.77. The monoisotopic (exact) mass is 189 g/mol. The van der Waals surface area contributed by atoms with Crippen LogP contribution in [0.1, 0.15) is 23.6 Å². The maximum atomic E-state index is 9.97. The second-order valence-electron chi connectivity index (χ2n) is 3.64. The summed E-state index contributed by atoms with van der Waals surface area (Å²) in [7, 11) is 0. The van der Waals surface area contributed by atoms with Crippen molar-refractivity contribution in [1.82, 2.24) is 5.32 Å². The van der Waals surface area contributed by atoms with Gasteiger partial charge in [0.1, 0.15) is 5.75 Å². The zero-order valence-corrected chi connectivity index (χ0v) is 8.16. The highest BCUT2D eigenvalue weighted by atomic mass is 16.3. The number of benzene rings is 1. The van der Waals surface area contributed by atoms with Crippen LogP contribution in [-0.4, -0.2) is 11.7 Å². The van der Waals surface area contributed by atoms with Crippen molar-refractivity contribution in [3.05, 3.63) is 42.0 Å². The van der Waals surface area contributed by atoms with Crippen LogP contribution in [0.3, 0.4) is 0 Å². The summed E-state index contributed by atoms with van der Waals surface area (Å²) < 4.78 is 0. The summed E-state index contributed by atoms with van der Waals surface area (Å²) >= 11 is 0. The van der Waals surface area contributed by atoms with Crippen molar-refractivity contribution in [2.24, 2.45) is 0 Å². The largest absolute Gasteiger partial charge is 0.507 e. The van der Waals surface area contributed by atoms with Crippen molar-refractivity contribution in [3.8, 4) is 5.75 Å². The number of allylic oxidation sites excluding steroid dienone is 1. The zero-order chi connectivity index (χ0) is 9.97. The lowest BCUT2D eigenvalue weighted by Gasteiger charge is -2.29. The molecule has 2 heteroatoms. The second-order valence-corrected chi connectivity index (χ2v) is 3.64. The molecule has 2 rings (SSSR count). The summed E-state index contributed by atoms with van der Waals surface area (Å²) in [5, 5.41) is 13.3. The first-order chi connectivity index (χ1) is 6.83. The van der Waals surface area contributed by atoms with Gasteiger partial charge in [-0.3, -0.25) is 0 Å². The Morgan fingerprint density at radius 2 is 2.36 bits per heavy atom. The third-order valence-electron chi connectivity index (χ3n) is 2.71. The van der Waals surface area contributed by atoms with Gasteiger partial charge in [0.2, 0.25) is 0 Å². The third-order valence-corrected chi connectivity index (χ3v) is 2.71. The zero-order valence-electron chi connectivity index (χ0n) is 8.16. The molecule has 0 saturated carbocycles. The fraction of sp³-hybridized carbons (Fsp3) is 0.333. The van der Waals surface area contributed by atoms with Gasteiger partial charge in [0, 0.05) is 11.6 Å². The van der Waals surface area contributed by atoms with Gasteiger partial charge in [-0.2, -0.15) is 0 Å². The number of nitrogens with one attached hydrogen (secondary N) is 1. The van der Waals surface area contributed by atoms with E-state index in [0.717, 1.165) is 30.5 Å². The Bertz CT molecular complexity index is 342. The fourth-order valence-corrected chi connectivity index (χ4v) is 1.77. The Balaban J connectivity index is 2.30. The van der Waals surface area contributed by atoms with Crippen LogP contribution in [0.4, 0.5) is 0 Å². The van der Waals surface area contributed by atoms with Crippen molar-refractivity contribution in [2.45, 2.75) is 18.9 Å². The second kappa shape index (κ2) is 3.84. The van der Waals surface area contributed by atoms with E-state index in [1.165, 1.54) is 0 Å². The molecule has 0 unspecified atom stereocenters. The van der Waals surface area contributed by atoms with E-state index in [-0.39, 0.29) is 0 Å². The number of phenolic OH excluding ortho intramolecular Hbond substituents is 1. The molecular formula is C12H15NO. The van der Waals surface area contributed by atoms with Gasteiger partial charge in [0.15, 0.2) is 0 Å². The van der Waals surface area contributed by atoms with Gasteiger partial charge < -0.3 is 10.4 Å². The third kappa shape index (κ3) is 1.53. The molecule has 1 aromatic rings. The highest BCUT2D eigenvalue weighted by molar-refractivity contribution is 5.43. The van der Waals surface area contributed by atoms with Crippen LogP contribution in [0.5, 0.6) is 5.75 Å². The Labute approximate surface area is 84.3 Å². The highest BCUT2D eigenvalue weighted by Gasteiger charge is 2.21. The molecule has 1 saturated heterocycles. The van der Waals surface area contributed by atoms with Crippen LogP contribution >= 0.6 is 0 Å². The molecule has 2 N–H and O–H groups in total. The molecule has 0 aliphatic carbocycles. The van der Waals surface area contributed by atoms with Crippen molar-refractivity contribution in [2.75, 3.05) is 6.54 Å². The van der Waals surface area contributed by atoms with E-state index in [4.69, 9.17) is 0 Å². The van der Waals surface area contributed by atoms with Gasteiger partial charge in [-0.15, -0.1) is 6.58 Å². The molecule has 1 fully saturated rings. The maximum Gasteiger partial charge on any atom is 0.123 e. The van der Waals surface area contributed by atoms with Gasteiger partial charge in [0.25, 0.3) is 0 Å². The van der Waals surface area contributed by atoms with Crippen LogP contribution in [-0.2, 0) is 6.42 Å². The summed E-state index contributed by atoms with van der Waals surface area (Å²) in [5.41, 5.74) is 1.99. The van der Waals surface area contributed by atoms with Crippen molar-refractivity contribution < 1.29 is 5.11 Å². The number of para-hydroxylation sites is 1. The molecule has 0 amide bonds. The summed E-state index contributed by atoms with van der Waals surface area (Å²) in [4.78, 5) is 0. The smallest absolute Gasteiger partial charge is 0.123 e. The van der Waals surface area contributed by atoms with Crippen molar-refractivity contribution in [3.63, 3.8) is 0 Å². The molecular weight excluding hydrogens is 174 g/mol. The average molecular weight is 189 g/mol. The topological polar surface area (TPSA) is 32.3 Å². The Morgan fingerprint density at radius 3 is 2.93 bits per heavy atom. The molecule has 0 radical (unpaired) electrons. The van der Waals surface area contributed by atoms with E-state index >= 15 is 0 Å². The number of rotatable bonds is 3. The predicted molar refractivity (Wildman–Crippen MR) is 57.4 cm³/mol. The Hall–Kier alpha value is -1.28. The van der Waals surface area contributed by atoms with Gasteiger partial charge >= 0.3 is 0 Å². The first kappa shape index (κ1) is 9.28. The molecule has 1 atom stereocenters. The van der Waals surface area contributed by atoms with E-state index in [9.17, 15) is 5.11 Å². The highest BCUT2D eigenvalue weighted by Crippen LogP contribution is 2.32. The number of phenols is 1. The first-order valence-electron chi connectivity index (χ1n) is 4.98. The van der Waals surface area contributed by atoms with Crippen LogP contribution in [0.15, 0.2) is 30.9 Å². The van der Waals surface area contributed by atoms with Crippen molar-refractivity contribution >= 4 is 0 Å². The molecule has 1 aliphatic rings. The summed E-state index contributed by atoms with van der Waals surface area (Å²) in [6, 6.07) is 6.27. The minimum Gasteiger partial charge on any atom is -0.507 e. The van der Waals surface area contributed by atoms with E-state index in [1.54, 1.807) is 0 Å². The minimum absolute atomic E-state index is 0.347. The average Bonchev–Trinajstić information content (AvgIpc) is 2.09. The number of hydrogen-bond acceptors (Lipinski definition) is 2. The van der Waals surface area contributed by atoms with Gasteiger partial charge in [-0.25, -0.2) is 0 Å². The minimum atomic E-state index is 0.347. The van der Waals surface area contributed by atoms with Crippen LogP contribution < -0.4 is 5.32 Å². The lowest BCUT2D eigenvalue weighted by Crippen LogP contribution is -2.35. The van der Waals surface area contributed by atoms with Crippen molar-refractivity contribution in [1.29, 1.82) is 0 Å². The van der Waals surface area contributed by atoms with Crippen LogP contribution in [0.25, 0.3) is 0 Å². The summed E-state index contributed by atoms with van der Waals surface area (Å²) in [5.74, 6) is 0.435. The molecule has 0 aromatic heterocycles. The van der Waals surface area contributed by atoms with E-state index < -0.39 is 0 Å². The molecule has 0 spiro atoms. The van der Waals surface area contributed by atoms with Crippen LogP contribution in [0.2, 0.25) is 0 Å². The van der Waals surface area contributed by atoms with Gasteiger partial charge in [-0.1, -0.05) is 24.3 Å². The predicted octanol–water partition coefficient (Wildman–Crippen LogP) is 2.16. The first-order valence-corrected chi connectivity index (χ1v) is 4.98. The molecule has 1 heterocycles. The Morgan fingerprint density at radius 1 is 1.57 bits per heavy atom. The molecule has 1 aromatic carbocycles. The SMILES string of the molecule is C=CCc1cccc([C@@H]2CCN2)c1O. The summed E-state index contributed by atoms with van der Waals surface area (Å²) in [6.07, 6.45) is 3.66. The van der Waals surface area contributed by atoms with Gasteiger partial charge in [-0.05, 0) is 24.9 Å². The van der Waals surface area contributed by atoms with Crippen LogP contribution in [0, 0.1) is 0 Å². The van der Waals surface area contributed by atoms with Gasteiger partial charge in [0.05, 0.1) is 0 Å². The van der Waals surface area contributed by atoms with E-state index in [0.29, 0.717) is 11.8 Å². The summed E-state index contributed by atoms with van der Waals surface area (Å²) in [6.45, 7) is 4.73. The molecule has 1 aliphatic heterocycles. The lowest BCUT2D eigenvalue weighted by atomic mass is 9.94. The molecule has 14 heavy (non-hydrogen) atoms. The molecule has 0 bridgehead atoms. The standard InChI is InChI=1S/C12H15NO/c1-2-4-9-5-3-6-10(12(9)14)11-7-8-13-11/h2-3,5-6,11,13-14H,1,4,7-8H2/t11-/m0/s1. The molecule has 2 nitrogen and oxygen atoms in total. The lowest BCUT2D eigenvalue weighted by molar-refractivity contribution is 0.363. The quantitative estimate of drug-likeness (QED) is 0.714. The maximum absolute atomic E-state index is 9.97. The Kier molecular flexibility index (Phi) is 2.55. The number of hydrogen-bond donors (Lipinski definition) is 2.